The van der Waals surface area contributed by atoms with Gasteiger partial charge in [-0.25, -0.2) is 0 Å². The highest BCUT2D eigenvalue weighted by Crippen LogP contribution is 2.64. The van der Waals surface area contributed by atoms with Crippen LogP contribution in [0.5, 0.6) is 0 Å². The smallest absolute Gasteiger partial charge is 0.224 e. The Morgan fingerprint density at radius 1 is 1.25 bits per heavy atom. The number of amides is 1. The average Bonchev–Trinajstić information content (AvgIpc) is 2.74. The predicted octanol–water partition coefficient (Wildman–Crippen LogP) is 3.37. The third kappa shape index (κ3) is 1.88. The minimum atomic E-state index is -1.14. The van der Waals surface area contributed by atoms with Crippen molar-refractivity contribution in [2.45, 2.75) is 10.3 Å². The van der Waals surface area contributed by atoms with Gasteiger partial charge in [0.15, 0.2) is 0 Å². The van der Waals surface area contributed by atoms with Crippen LogP contribution in [0.3, 0.4) is 0 Å². The van der Waals surface area contributed by atoms with Crippen molar-refractivity contribution in [2.24, 2.45) is 11.7 Å². The highest BCUT2D eigenvalue weighted by Gasteiger charge is 2.67. The number of halogens is 4. The summed E-state index contributed by atoms with van der Waals surface area (Å²) >= 11 is 23.6. The summed E-state index contributed by atoms with van der Waals surface area (Å²) in [4.78, 5) is 11.1. The highest BCUT2D eigenvalue weighted by molar-refractivity contribution is 6.53. The molecule has 1 aliphatic carbocycles. The van der Waals surface area contributed by atoms with E-state index in [4.69, 9.17) is 52.1 Å². The minimum absolute atomic E-state index is 0.317. The van der Waals surface area contributed by atoms with E-state index in [9.17, 15) is 4.79 Å². The van der Waals surface area contributed by atoms with Crippen LogP contribution in [-0.2, 0) is 4.79 Å². The third-order valence-electron chi connectivity index (χ3n) is 2.66. The Labute approximate surface area is 113 Å². The Morgan fingerprint density at radius 3 is 2.31 bits per heavy atom. The Hall–Kier alpha value is -0.150. The van der Waals surface area contributed by atoms with Crippen molar-refractivity contribution in [2.75, 3.05) is 0 Å². The van der Waals surface area contributed by atoms with Gasteiger partial charge in [-0.1, -0.05) is 29.3 Å². The lowest BCUT2D eigenvalue weighted by Crippen LogP contribution is -2.16. The van der Waals surface area contributed by atoms with Gasteiger partial charge in [0.05, 0.1) is 16.0 Å². The topological polar surface area (TPSA) is 43.1 Å². The van der Waals surface area contributed by atoms with Gasteiger partial charge >= 0.3 is 0 Å². The lowest BCUT2D eigenvalue weighted by molar-refractivity contribution is -0.119. The van der Waals surface area contributed by atoms with Crippen LogP contribution in [0, 0.1) is 5.92 Å². The summed E-state index contributed by atoms with van der Waals surface area (Å²) in [6.45, 7) is 0. The maximum Gasteiger partial charge on any atom is 0.224 e. The summed E-state index contributed by atoms with van der Waals surface area (Å²) in [6, 6.07) is 5.03. The number of hydrogen-bond acceptors (Lipinski definition) is 1. The van der Waals surface area contributed by atoms with Crippen LogP contribution >= 0.6 is 46.4 Å². The van der Waals surface area contributed by atoms with Crippen molar-refractivity contribution < 1.29 is 4.79 Å². The van der Waals surface area contributed by atoms with E-state index in [2.05, 4.69) is 0 Å². The van der Waals surface area contributed by atoms with Gasteiger partial charge in [-0.15, -0.1) is 23.2 Å². The normalized spacial score (nSPS) is 26.5. The number of alkyl halides is 2. The Bertz CT molecular complexity index is 460. The molecular formula is C10H7Cl4NO. The van der Waals surface area contributed by atoms with E-state index in [0.29, 0.717) is 10.0 Å². The molecule has 6 heteroatoms. The second kappa shape index (κ2) is 3.95. The van der Waals surface area contributed by atoms with E-state index in [1.54, 1.807) is 18.2 Å². The van der Waals surface area contributed by atoms with E-state index in [0.717, 1.165) is 5.56 Å². The van der Waals surface area contributed by atoms with Crippen LogP contribution in [0.4, 0.5) is 0 Å². The van der Waals surface area contributed by atoms with E-state index >= 15 is 0 Å². The van der Waals surface area contributed by atoms with Crippen LogP contribution in [0.2, 0.25) is 10.0 Å². The van der Waals surface area contributed by atoms with Gasteiger partial charge in [-0.3, -0.25) is 4.79 Å². The van der Waals surface area contributed by atoms with E-state index in [1.165, 1.54) is 0 Å². The number of rotatable bonds is 2. The van der Waals surface area contributed by atoms with Gasteiger partial charge in [0.1, 0.15) is 4.33 Å². The monoisotopic (exact) mass is 297 g/mol. The SMILES string of the molecule is NC(=O)C1C(c2ccc(Cl)c(Cl)c2)C1(Cl)Cl. The molecule has 0 heterocycles. The Kier molecular flexibility index (Phi) is 3.04. The average molecular weight is 299 g/mol. The van der Waals surface area contributed by atoms with Gasteiger partial charge in [-0.05, 0) is 17.7 Å². The van der Waals surface area contributed by atoms with Crippen molar-refractivity contribution >= 4 is 52.3 Å². The lowest BCUT2D eigenvalue weighted by atomic mass is 10.1. The molecule has 0 saturated heterocycles. The zero-order chi connectivity index (χ0) is 12.1. The first kappa shape index (κ1) is 12.3. The summed E-state index contributed by atoms with van der Waals surface area (Å²) in [7, 11) is 0. The molecule has 0 bridgehead atoms. The Morgan fingerprint density at radius 2 is 1.88 bits per heavy atom. The molecule has 16 heavy (non-hydrogen) atoms. The number of carbonyl (C=O) groups excluding carboxylic acids is 1. The first-order valence-electron chi connectivity index (χ1n) is 4.47. The fourth-order valence-corrected chi connectivity index (χ4v) is 2.95. The van der Waals surface area contributed by atoms with E-state index in [1.807, 2.05) is 0 Å². The van der Waals surface area contributed by atoms with Crippen molar-refractivity contribution in [3.8, 4) is 0 Å². The van der Waals surface area contributed by atoms with Crippen LogP contribution in [-0.4, -0.2) is 10.2 Å². The van der Waals surface area contributed by atoms with E-state index < -0.39 is 16.2 Å². The van der Waals surface area contributed by atoms with Gasteiger partial charge in [0, 0.05) is 5.92 Å². The molecule has 0 spiro atoms. The van der Waals surface area contributed by atoms with Crippen molar-refractivity contribution in [3.63, 3.8) is 0 Å². The third-order valence-corrected chi connectivity index (χ3v) is 4.34. The predicted molar refractivity (Wildman–Crippen MR) is 66.3 cm³/mol. The maximum atomic E-state index is 11.1. The molecule has 1 aliphatic rings. The fraction of sp³-hybridized carbons (Fsp3) is 0.300. The molecular weight excluding hydrogens is 292 g/mol. The van der Waals surface area contributed by atoms with Crippen molar-refractivity contribution in [1.82, 2.24) is 0 Å². The van der Waals surface area contributed by atoms with Gasteiger partial charge in [0.2, 0.25) is 5.91 Å². The van der Waals surface area contributed by atoms with Crippen LogP contribution < -0.4 is 5.73 Å². The molecule has 1 aromatic rings. The quantitative estimate of drug-likeness (QED) is 0.836. The number of primary amides is 1. The molecule has 1 amide bonds. The standard InChI is InChI=1S/C10H7Cl4NO/c11-5-2-1-4(3-6(5)12)7-8(9(15)16)10(7,13)14/h1-3,7-8H,(H2,15,16). The van der Waals surface area contributed by atoms with Crippen LogP contribution in [0.15, 0.2) is 18.2 Å². The Balaban J connectivity index is 2.33. The summed E-state index contributed by atoms with van der Waals surface area (Å²) in [5.41, 5.74) is 5.97. The molecule has 2 unspecified atom stereocenters. The molecule has 2 nitrogen and oxygen atoms in total. The zero-order valence-corrected chi connectivity index (χ0v) is 10.9. The van der Waals surface area contributed by atoms with Crippen LogP contribution in [0.1, 0.15) is 11.5 Å². The van der Waals surface area contributed by atoms with Crippen LogP contribution in [0.25, 0.3) is 0 Å². The second-order valence-corrected chi connectivity index (χ2v) is 5.96. The van der Waals surface area contributed by atoms with E-state index in [-0.39, 0.29) is 5.92 Å². The maximum absolute atomic E-state index is 11.1. The summed E-state index contributed by atoms with van der Waals surface area (Å²) < 4.78 is -1.14. The minimum Gasteiger partial charge on any atom is -0.369 e. The number of hydrogen-bond donors (Lipinski definition) is 1. The first-order valence-corrected chi connectivity index (χ1v) is 5.99. The van der Waals surface area contributed by atoms with Gasteiger partial charge < -0.3 is 5.73 Å². The first-order chi connectivity index (χ1) is 7.35. The molecule has 0 radical (unpaired) electrons. The molecule has 0 aliphatic heterocycles. The molecule has 2 N–H and O–H groups in total. The zero-order valence-electron chi connectivity index (χ0n) is 7.88. The summed E-state index contributed by atoms with van der Waals surface area (Å²) in [5, 5.41) is 0.842. The molecule has 1 aromatic carbocycles. The highest BCUT2D eigenvalue weighted by atomic mass is 35.5. The summed E-state index contributed by atoms with van der Waals surface area (Å²) in [5.74, 6) is -1.41. The number of nitrogens with two attached hydrogens (primary N) is 1. The van der Waals surface area contributed by atoms with Crippen molar-refractivity contribution in [1.29, 1.82) is 0 Å². The van der Waals surface area contributed by atoms with Gasteiger partial charge in [-0.2, -0.15) is 0 Å². The van der Waals surface area contributed by atoms with Gasteiger partial charge in [0.25, 0.3) is 0 Å². The van der Waals surface area contributed by atoms with Crippen molar-refractivity contribution in [3.05, 3.63) is 33.8 Å². The molecule has 2 atom stereocenters. The number of carbonyl (C=O) groups is 1. The largest absolute Gasteiger partial charge is 0.369 e. The molecule has 86 valence electrons. The molecule has 1 saturated carbocycles. The molecule has 0 aromatic heterocycles. The molecule has 2 rings (SSSR count). The second-order valence-electron chi connectivity index (χ2n) is 3.71. The molecule has 1 fully saturated rings. The summed E-state index contributed by atoms with van der Waals surface area (Å²) in [6.07, 6.45) is 0. The number of benzene rings is 1. The fourth-order valence-electron chi connectivity index (χ4n) is 1.80. The lowest BCUT2D eigenvalue weighted by Gasteiger charge is -2.02.